The number of para-hydroxylation sites is 1. The maximum Gasteiger partial charge on any atom is 0.490 e. The van der Waals surface area contributed by atoms with Gasteiger partial charge in [-0.05, 0) is 36.1 Å². The average Bonchev–Trinajstić information content (AvgIpc) is 3.32. The molecule has 1 aliphatic carbocycles. The van der Waals surface area contributed by atoms with Crippen LogP contribution in [0, 0.1) is 5.92 Å². The number of hydrogen-bond acceptors (Lipinski definition) is 6. The molecule has 0 aliphatic heterocycles. The van der Waals surface area contributed by atoms with Crippen molar-refractivity contribution < 1.29 is 32.7 Å². The van der Waals surface area contributed by atoms with Gasteiger partial charge in [-0.2, -0.15) is 13.2 Å². The molecule has 1 atom stereocenters. The van der Waals surface area contributed by atoms with Crippen LogP contribution >= 0.6 is 11.3 Å². The van der Waals surface area contributed by atoms with E-state index in [1.54, 1.807) is 0 Å². The zero-order valence-electron chi connectivity index (χ0n) is 19.3. The molecular weight excluding hydrogens is 495 g/mol. The molecule has 4 rings (SSSR count). The lowest BCUT2D eigenvalue weighted by Crippen LogP contribution is -2.38. The highest BCUT2D eigenvalue weighted by Crippen LogP contribution is 2.29. The summed E-state index contributed by atoms with van der Waals surface area (Å²) in [4.78, 5) is 39.7. The van der Waals surface area contributed by atoms with Crippen molar-refractivity contribution in [1.82, 2.24) is 10.3 Å². The Labute approximate surface area is 209 Å². The molecule has 192 valence electrons. The van der Waals surface area contributed by atoms with E-state index in [2.05, 4.69) is 10.3 Å². The van der Waals surface area contributed by atoms with Gasteiger partial charge in [0.05, 0.1) is 10.2 Å². The molecule has 36 heavy (non-hydrogen) atoms. The summed E-state index contributed by atoms with van der Waals surface area (Å²) < 4.78 is 32.7. The molecule has 1 aliphatic rings. The quantitative estimate of drug-likeness (QED) is 0.392. The number of halogens is 3. The van der Waals surface area contributed by atoms with Gasteiger partial charge in [0, 0.05) is 12.5 Å². The van der Waals surface area contributed by atoms with Crippen LogP contribution in [0.1, 0.15) is 59.1 Å². The maximum atomic E-state index is 13.4. The minimum Gasteiger partial charge on any atom is -0.475 e. The predicted molar refractivity (Wildman–Crippen MR) is 129 cm³/mol. The Kier molecular flexibility index (Phi) is 9.16. The number of hydrogen-bond donors (Lipinski definition) is 3. The number of nitrogens with one attached hydrogen (secondary N) is 1. The number of Topliss-reactive ketones (excluding diaryl/α,β-unsaturated/α-hetero) is 1. The van der Waals surface area contributed by atoms with E-state index >= 15 is 0 Å². The zero-order chi connectivity index (χ0) is 26.3. The van der Waals surface area contributed by atoms with E-state index in [-0.39, 0.29) is 17.6 Å². The lowest BCUT2D eigenvalue weighted by molar-refractivity contribution is -0.192. The van der Waals surface area contributed by atoms with E-state index in [9.17, 15) is 22.8 Å². The normalized spacial score (nSPS) is 15.0. The molecule has 1 heterocycles. The van der Waals surface area contributed by atoms with Crippen LogP contribution in [0.4, 0.5) is 13.2 Å². The Balaban J connectivity index is 0.000000454. The fourth-order valence-electron chi connectivity index (χ4n) is 3.87. The van der Waals surface area contributed by atoms with E-state index in [0.29, 0.717) is 11.6 Å². The van der Waals surface area contributed by atoms with Crippen LogP contribution < -0.4 is 11.1 Å². The SMILES string of the molecule is NCc1ccc(C(NC(=O)C2CCCCC2)C(=O)c2nc3ccccc3s2)cc1.O=C(O)C(F)(F)F. The highest BCUT2D eigenvalue weighted by Gasteiger charge is 2.38. The standard InChI is InChI=1S/C23H25N3O2S.C2HF3O2/c24-14-15-10-12-16(13-11-15)20(26-22(28)17-6-2-1-3-7-17)21(27)23-25-18-8-4-5-9-19(18)29-23;3-2(4,5)1(6)7/h4-5,8-13,17,20H,1-3,6-7,14,24H2,(H,26,28);(H,6,7). The molecule has 1 aromatic heterocycles. The summed E-state index contributed by atoms with van der Waals surface area (Å²) in [6, 6.07) is 14.5. The average molecular weight is 522 g/mol. The number of carbonyl (C=O) groups excluding carboxylic acids is 2. The number of benzene rings is 2. The number of nitrogens with two attached hydrogens (primary N) is 1. The molecule has 4 N–H and O–H groups in total. The number of rotatable bonds is 6. The van der Waals surface area contributed by atoms with E-state index in [4.69, 9.17) is 15.6 Å². The van der Waals surface area contributed by atoms with Gasteiger partial charge >= 0.3 is 12.1 Å². The number of thiazole rings is 1. The molecule has 1 fully saturated rings. The van der Waals surface area contributed by atoms with Gasteiger partial charge in [-0.1, -0.05) is 55.7 Å². The van der Waals surface area contributed by atoms with Gasteiger partial charge in [0.1, 0.15) is 6.04 Å². The number of amides is 1. The third-order valence-corrected chi connectivity index (χ3v) is 6.87. The number of carboxylic acids is 1. The van der Waals surface area contributed by atoms with E-state index in [1.807, 2.05) is 48.5 Å². The Morgan fingerprint density at radius 3 is 2.22 bits per heavy atom. The molecule has 7 nitrogen and oxygen atoms in total. The van der Waals surface area contributed by atoms with Crippen molar-refractivity contribution >= 4 is 39.2 Å². The molecule has 11 heteroatoms. The first kappa shape index (κ1) is 27.3. The molecule has 0 saturated heterocycles. The van der Waals surface area contributed by atoms with Gasteiger partial charge < -0.3 is 16.2 Å². The van der Waals surface area contributed by atoms with Gasteiger partial charge in [-0.15, -0.1) is 11.3 Å². The molecular formula is C25H26F3N3O4S. The van der Waals surface area contributed by atoms with Gasteiger partial charge in [0.15, 0.2) is 5.01 Å². The van der Waals surface area contributed by atoms with Crippen molar-refractivity contribution in [2.45, 2.75) is 50.9 Å². The fraction of sp³-hybridized carbons (Fsp3) is 0.360. The van der Waals surface area contributed by atoms with E-state index in [0.717, 1.165) is 47.0 Å². The summed E-state index contributed by atoms with van der Waals surface area (Å²) in [5.41, 5.74) is 8.25. The number of aliphatic carboxylic acids is 1. The highest BCUT2D eigenvalue weighted by molar-refractivity contribution is 7.20. The minimum atomic E-state index is -5.08. The van der Waals surface area contributed by atoms with Gasteiger partial charge in [0.2, 0.25) is 11.7 Å². The second kappa shape index (κ2) is 12.1. The van der Waals surface area contributed by atoms with Crippen LogP contribution in [0.15, 0.2) is 48.5 Å². The molecule has 2 aromatic carbocycles. The number of fused-ring (bicyclic) bond motifs is 1. The molecule has 0 bridgehead atoms. The summed E-state index contributed by atoms with van der Waals surface area (Å²) >= 11 is 1.37. The van der Waals surface area contributed by atoms with Crippen LogP contribution in [-0.4, -0.2) is 33.9 Å². The predicted octanol–water partition coefficient (Wildman–Crippen LogP) is 5.01. The first-order chi connectivity index (χ1) is 17.1. The highest BCUT2D eigenvalue weighted by atomic mass is 32.1. The molecule has 1 amide bonds. The fourth-order valence-corrected chi connectivity index (χ4v) is 4.81. The first-order valence-corrected chi connectivity index (χ1v) is 12.2. The van der Waals surface area contributed by atoms with Crippen molar-refractivity contribution in [3.63, 3.8) is 0 Å². The zero-order valence-corrected chi connectivity index (χ0v) is 20.1. The van der Waals surface area contributed by atoms with Gasteiger partial charge in [-0.3, -0.25) is 9.59 Å². The largest absolute Gasteiger partial charge is 0.490 e. The monoisotopic (exact) mass is 521 g/mol. The Hall–Kier alpha value is -3.31. The Bertz CT molecular complexity index is 1170. The summed E-state index contributed by atoms with van der Waals surface area (Å²) in [5.74, 6) is -2.98. The number of nitrogens with zero attached hydrogens (tertiary/aromatic N) is 1. The van der Waals surface area contributed by atoms with Crippen LogP contribution in [0.5, 0.6) is 0 Å². The molecule has 1 unspecified atom stereocenters. The lowest BCUT2D eigenvalue weighted by Gasteiger charge is -2.24. The van der Waals surface area contributed by atoms with Crippen molar-refractivity contribution in [2.75, 3.05) is 0 Å². The minimum absolute atomic E-state index is 0.0160. The van der Waals surface area contributed by atoms with Crippen molar-refractivity contribution in [1.29, 1.82) is 0 Å². The van der Waals surface area contributed by atoms with Crippen LogP contribution in [-0.2, 0) is 16.1 Å². The summed E-state index contributed by atoms with van der Waals surface area (Å²) in [6.07, 6.45) is 0.0118. The van der Waals surface area contributed by atoms with Crippen molar-refractivity contribution in [3.8, 4) is 0 Å². The third-order valence-electron chi connectivity index (χ3n) is 5.82. The van der Waals surface area contributed by atoms with Gasteiger partial charge in [-0.25, -0.2) is 9.78 Å². The summed E-state index contributed by atoms with van der Waals surface area (Å²) in [7, 11) is 0. The van der Waals surface area contributed by atoms with Crippen LogP contribution in [0.2, 0.25) is 0 Å². The topological polar surface area (TPSA) is 122 Å². The number of aromatic nitrogens is 1. The number of alkyl halides is 3. The van der Waals surface area contributed by atoms with Crippen LogP contribution in [0.3, 0.4) is 0 Å². The second-order valence-electron chi connectivity index (χ2n) is 8.38. The Morgan fingerprint density at radius 1 is 1.06 bits per heavy atom. The first-order valence-electron chi connectivity index (χ1n) is 11.4. The smallest absolute Gasteiger partial charge is 0.475 e. The van der Waals surface area contributed by atoms with E-state index in [1.165, 1.54) is 17.8 Å². The summed E-state index contributed by atoms with van der Waals surface area (Å²) in [6.45, 7) is 0.436. The van der Waals surface area contributed by atoms with Crippen molar-refractivity contribution in [2.24, 2.45) is 11.7 Å². The lowest BCUT2D eigenvalue weighted by atomic mass is 9.88. The molecule has 0 spiro atoms. The molecule has 3 aromatic rings. The number of carboxylic acid groups (broad SMARTS) is 1. The van der Waals surface area contributed by atoms with E-state index < -0.39 is 18.2 Å². The maximum absolute atomic E-state index is 13.4. The molecule has 0 radical (unpaired) electrons. The number of ketones is 1. The summed E-state index contributed by atoms with van der Waals surface area (Å²) in [5, 5.41) is 10.6. The Morgan fingerprint density at radius 2 is 1.67 bits per heavy atom. The van der Waals surface area contributed by atoms with Crippen molar-refractivity contribution in [3.05, 3.63) is 64.7 Å². The third kappa shape index (κ3) is 7.11. The number of carbonyl (C=O) groups is 3. The molecule has 1 saturated carbocycles. The van der Waals surface area contributed by atoms with Gasteiger partial charge in [0.25, 0.3) is 0 Å². The second-order valence-corrected chi connectivity index (χ2v) is 9.41. The van der Waals surface area contributed by atoms with Crippen LogP contribution in [0.25, 0.3) is 10.2 Å².